The van der Waals surface area contributed by atoms with E-state index in [0.29, 0.717) is 46.8 Å². The van der Waals surface area contributed by atoms with Crippen LogP contribution in [0.1, 0.15) is 50.6 Å². The number of nitrogens with zero attached hydrogens (tertiary/aromatic N) is 3. The van der Waals surface area contributed by atoms with E-state index < -0.39 is 0 Å². The van der Waals surface area contributed by atoms with Crippen molar-refractivity contribution in [2.45, 2.75) is 26.2 Å². The third-order valence-electron chi connectivity index (χ3n) is 7.24. The molecule has 43 heavy (non-hydrogen) atoms. The van der Waals surface area contributed by atoms with Gasteiger partial charge in [0.2, 0.25) is 0 Å². The van der Waals surface area contributed by atoms with Gasteiger partial charge < -0.3 is 9.73 Å². The molecule has 2 N–H and O–H groups in total. The molecule has 0 saturated carbocycles. The summed E-state index contributed by atoms with van der Waals surface area (Å²) >= 11 is 0. The number of hydrogen-bond acceptors (Lipinski definition) is 6. The van der Waals surface area contributed by atoms with Crippen LogP contribution in [0.25, 0.3) is 11.1 Å². The van der Waals surface area contributed by atoms with Gasteiger partial charge in [0.15, 0.2) is 5.76 Å². The Hall–Kier alpha value is -5.63. The first-order valence-electron chi connectivity index (χ1n) is 14.1. The summed E-state index contributed by atoms with van der Waals surface area (Å²) in [5.41, 5.74) is 9.53. The molecule has 2 amide bonds. The number of anilines is 1. The van der Waals surface area contributed by atoms with Crippen LogP contribution in [0.3, 0.4) is 0 Å². The zero-order chi connectivity index (χ0) is 29.6. The van der Waals surface area contributed by atoms with Gasteiger partial charge in [-0.25, -0.2) is 5.43 Å². The number of carbonyl (C=O) groups is 2. The highest BCUT2D eigenvalue weighted by atomic mass is 16.4. The number of carbonyl (C=O) groups excluding carboxylic acids is 2. The fourth-order valence-corrected chi connectivity index (χ4v) is 5.03. The van der Waals surface area contributed by atoms with Crippen LogP contribution in [-0.4, -0.2) is 17.5 Å². The van der Waals surface area contributed by atoms with Crippen molar-refractivity contribution >= 4 is 34.6 Å². The molecule has 1 heterocycles. The number of benzene rings is 4. The highest BCUT2D eigenvalue weighted by Gasteiger charge is 2.28. The van der Waals surface area contributed by atoms with E-state index in [4.69, 9.17) is 4.42 Å². The molecule has 4 aromatic carbocycles. The molecule has 8 heteroatoms. The van der Waals surface area contributed by atoms with Gasteiger partial charge in [0.1, 0.15) is 5.76 Å². The van der Waals surface area contributed by atoms with Gasteiger partial charge in [0, 0.05) is 28.8 Å². The predicted octanol–water partition coefficient (Wildman–Crippen LogP) is 8.39. The first kappa shape index (κ1) is 27.5. The van der Waals surface area contributed by atoms with Crippen LogP contribution in [0.2, 0.25) is 0 Å². The quantitative estimate of drug-likeness (QED) is 0.152. The Kier molecular flexibility index (Phi) is 7.99. The lowest BCUT2D eigenvalue weighted by Gasteiger charge is -2.13. The Morgan fingerprint density at radius 2 is 1.33 bits per heavy atom. The van der Waals surface area contributed by atoms with E-state index in [1.807, 2.05) is 79.7 Å². The summed E-state index contributed by atoms with van der Waals surface area (Å²) in [7, 11) is 0. The van der Waals surface area contributed by atoms with E-state index >= 15 is 0 Å². The summed E-state index contributed by atoms with van der Waals surface area (Å²) in [6.07, 6.45) is 2.17. The minimum Gasteiger partial charge on any atom is -0.455 e. The van der Waals surface area contributed by atoms with Crippen molar-refractivity contribution in [3.8, 4) is 11.1 Å². The molecule has 0 unspecified atom stereocenters. The Morgan fingerprint density at radius 3 is 2.02 bits per heavy atom. The van der Waals surface area contributed by atoms with Gasteiger partial charge in [-0.3, -0.25) is 9.59 Å². The van der Waals surface area contributed by atoms with Crippen LogP contribution >= 0.6 is 0 Å². The van der Waals surface area contributed by atoms with Gasteiger partial charge in [0.05, 0.1) is 17.1 Å². The van der Waals surface area contributed by atoms with Crippen molar-refractivity contribution in [3.05, 3.63) is 137 Å². The van der Waals surface area contributed by atoms with Crippen molar-refractivity contribution in [2.24, 2.45) is 15.3 Å². The van der Waals surface area contributed by atoms with Crippen LogP contribution in [0, 0.1) is 6.92 Å². The Labute approximate surface area is 249 Å². The molecule has 1 aliphatic carbocycles. The molecule has 212 valence electrons. The second kappa shape index (κ2) is 12.5. The van der Waals surface area contributed by atoms with E-state index in [1.165, 1.54) is 0 Å². The van der Waals surface area contributed by atoms with E-state index in [1.54, 1.807) is 36.4 Å². The lowest BCUT2D eigenvalue weighted by molar-refractivity contribution is 0.0953. The second-order valence-corrected chi connectivity index (χ2v) is 10.2. The fourth-order valence-electron chi connectivity index (χ4n) is 5.03. The second-order valence-electron chi connectivity index (χ2n) is 10.2. The monoisotopic (exact) mass is 567 g/mol. The van der Waals surface area contributed by atoms with Crippen LogP contribution in [-0.2, 0) is 6.42 Å². The molecule has 0 spiro atoms. The minimum absolute atomic E-state index is 0.232. The smallest absolute Gasteiger partial charge is 0.291 e. The van der Waals surface area contributed by atoms with Crippen molar-refractivity contribution in [3.63, 3.8) is 0 Å². The van der Waals surface area contributed by atoms with Gasteiger partial charge in [-0.05, 0) is 79.4 Å². The third-order valence-corrected chi connectivity index (χ3v) is 7.24. The standard InChI is InChI=1S/C35H29N5O3/c1-23-32-30(39-40-34(41)26-17-15-25(16-18-26)24-9-4-2-5-10-24)13-8-14-31(32)43-33(23)35(42)36-27-19-21-29(22-20-27)38-37-28-11-6-3-7-12-28/h2-7,9-12,15-22H,8,13-14H2,1H3,(H,36,42)(H,40,41). The van der Waals surface area contributed by atoms with Crippen molar-refractivity contribution < 1.29 is 14.0 Å². The molecule has 1 aliphatic rings. The summed E-state index contributed by atoms with van der Waals surface area (Å²) in [5, 5.41) is 15.8. The van der Waals surface area contributed by atoms with Gasteiger partial charge in [-0.1, -0.05) is 60.7 Å². The maximum atomic E-state index is 13.2. The molecule has 0 atom stereocenters. The molecule has 6 rings (SSSR count). The van der Waals surface area contributed by atoms with Crippen LogP contribution < -0.4 is 10.7 Å². The Bertz CT molecular complexity index is 1810. The summed E-state index contributed by atoms with van der Waals surface area (Å²) < 4.78 is 6.02. The van der Waals surface area contributed by atoms with E-state index in [0.717, 1.165) is 28.8 Å². The largest absolute Gasteiger partial charge is 0.455 e. The molecular formula is C35H29N5O3. The molecule has 8 nitrogen and oxygen atoms in total. The normalized spacial score (nSPS) is 13.6. The van der Waals surface area contributed by atoms with Crippen LogP contribution in [0.4, 0.5) is 17.1 Å². The van der Waals surface area contributed by atoms with Gasteiger partial charge in [-0.15, -0.1) is 0 Å². The van der Waals surface area contributed by atoms with Gasteiger partial charge >= 0.3 is 0 Å². The number of hydrogen-bond donors (Lipinski definition) is 2. The fraction of sp³-hybridized carbons (Fsp3) is 0.114. The summed E-state index contributed by atoms with van der Waals surface area (Å²) in [6, 6.07) is 34.0. The van der Waals surface area contributed by atoms with Crippen molar-refractivity contribution in [1.29, 1.82) is 0 Å². The first-order chi connectivity index (χ1) is 21.0. The lowest BCUT2D eigenvalue weighted by atomic mass is 9.93. The number of hydrazone groups is 1. The van der Waals surface area contributed by atoms with Gasteiger partial charge in [-0.2, -0.15) is 15.3 Å². The van der Waals surface area contributed by atoms with Crippen molar-refractivity contribution in [2.75, 3.05) is 5.32 Å². The highest BCUT2D eigenvalue weighted by Crippen LogP contribution is 2.31. The Morgan fingerprint density at radius 1 is 0.698 bits per heavy atom. The zero-order valence-corrected chi connectivity index (χ0v) is 23.6. The molecular weight excluding hydrogens is 538 g/mol. The molecule has 0 aliphatic heterocycles. The van der Waals surface area contributed by atoms with Crippen LogP contribution in [0.5, 0.6) is 0 Å². The number of nitrogens with one attached hydrogen (secondary N) is 2. The average molecular weight is 568 g/mol. The number of rotatable bonds is 7. The molecule has 0 fully saturated rings. The highest BCUT2D eigenvalue weighted by molar-refractivity contribution is 6.09. The number of furan rings is 1. The molecule has 5 aromatic rings. The maximum Gasteiger partial charge on any atom is 0.291 e. The predicted molar refractivity (Wildman–Crippen MR) is 167 cm³/mol. The SMILES string of the molecule is Cc1c(C(=O)Nc2ccc(N=Nc3ccccc3)cc2)oc2c1C(=NNC(=O)c1ccc(-c3ccccc3)cc1)CCC2. The topological polar surface area (TPSA) is 108 Å². The average Bonchev–Trinajstić information content (AvgIpc) is 3.41. The van der Waals surface area contributed by atoms with E-state index in [-0.39, 0.29) is 17.6 Å². The van der Waals surface area contributed by atoms with Crippen molar-refractivity contribution in [1.82, 2.24) is 5.43 Å². The maximum absolute atomic E-state index is 13.2. The molecule has 0 bridgehead atoms. The van der Waals surface area contributed by atoms with Crippen LogP contribution in [0.15, 0.2) is 129 Å². The molecule has 0 radical (unpaired) electrons. The number of fused-ring (bicyclic) bond motifs is 1. The van der Waals surface area contributed by atoms with E-state index in [9.17, 15) is 9.59 Å². The summed E-state index contributed by atoms with van der Waals surface area (Å²) in [4.78, 5) is 26.0. The first-order valence-corrected chi connectivity index (χ1v) is 14.1. The van der Waals surface area contributed by atoms with Gasteiger partial charge in [0.25, 0.3) is 11.8 Å². The zero-order valence-electron chi connectivity index (χ0n) is 23.6. The number of aryl methyl sites for hydroxylation is 1. The number of amides is 2. The summed E-state index contributed by atoms with van der Waals surface area (Å²) in [6.45, 7) is 1.84. The molecule has 1 aromatic heterocycles. The third kappa shape index (κ3) is 6.33. The Balaban J connectivity index is 1.13. The molecule has 0 saturated heterocycles. The lowest BCUT2D eigenvalue weighted by Crippen LogP contribution is -2.22. The van der Waals surface area contributed by atoms with E-state index in [2.05, 4.69) is 26.1 Å². The minimum atomic E-state index is -0.354. The summed E-state index contributed by atoms with van der Waals surface area (Å²) in [5.74, 6) is 0.276. The number of azo groups is 1.